The van der Waals surface area contributed by atoms with E-state index < -0.39 is 35.6 Å². The van der Waals surface area contributed by atoms with Crippen LogP contribution >= 0.6 is 11.6 Å². The van der Waals surface area contributed by atoms with Crippen LogP contribution in [-0.2, 0) is 21.7 Å². The van der Waals surface area contributed by atoms with Crippen molar-refractivity contribution in [2.45, 2.75) is 30.8 Å². The molecule has 160 valence electrons. The molecule has 1 fully saturated rings. The average Bonchev–Trinajstić information content (AvgIpc) is 3.14. The first-order valence-corrected chi connectivity index (χ1v) is 9.99. The van der Waals surface area contributed by atoms with Gasteiger partial charge < -0.3 is 34.6 Å². The van der Waals surface area contributed by atoms with Gasteiger partial charge in [0.15, 0.2) is 17.1 Å². The zero-order valence-electron chi connectivity index (χ0n) is 16.3. The molecule has 2 aliphatic rings. The average molecular weight is 435 g/mol. The van der Waals surface area contributed by atoms with Gasteiger partial charge in [-0.1, -0.05) is 29.8 Å². The minimum absolute atomic E-state index is 0.213. The third kappa shape index (κ3) is 3.23. The first-order chi connectivity index (χ1) is 14.3. The molecule has 0 unspecified atom stereocenters. The Bertz CT molecular complexity index is 974. The fourth-order valence-electron chi connectivity index (χ4n) is 3.82. The SMILES string of the molecule is CCOc1ccc(Cc2cc([C@]34OC[C@](CO)(O3)[C@@H](O)C(O)=C4O)ccc2Cl)cc1. The molecule has 2 bridgehead atoms. The van der Waals surface area contributed by atoms with Gasteiger partial charge in [-0.25, -0.2) is 0 Å². The smallest absolute Gasteiger partial charge is 0.259 e. The quantitative estimate of drug-likeness (QED) is 0.553. The molecule has 4 N–H and O–H groups in total. The van der Waals surface area contributed by atoms with Crippen LogP contribution in [0.3, 0.4) is 0 Å². The standard InChI is InChI=1S/C22H23ClO7/c1-2-28-16-6-3-13(4-7-16)9-14-10-15(5-8-17(14)23)22-20(27)18(25)19(26)21(11-24,30-22)12-29-22/h3-8,10,19,24-27H,2,9,11-12H2,1H3/t19-,21-,22-/m0/s1. The second-order valence-corrected chi connectivity index (χ2v) is 7.83. The van der Waals surface area contributed by atoms with E-state index in [4.69, 9.17) is 25.8 Å². The molecule has 0 radical (unpaired) electrons. The molecule has 7 nitrogen and oxygen atoms in total. The summed E-state index contributed by atoms with van der Waals surface area (Å²) in [6.45, 7) is 1.70. The van der Waals surface area contributed by atoms with Crippen LogP contribution in [0.25, 0.3) is 0 Å². The van der Waals surface area contributed by atoms with Crippen LogP contribution in [0.2, 0.25) is 5.02 Å². The van der Waals surface area contributed by atoms with Gasteiger partial charge in [0.1, 0.15) is 11.9 Å². The number of aliphatic hydroxyl groups excluding tert-OH is 4. The molecule has 30 heavy (non-hydrogen) atoms. The summed E-state index contributed by atoms with van der Waals surface area (Å²) in [5.41, 5.74) is 0.569. The predicted molar refractivity (Wildman–Crippen MR) is 109 cm³/mol. The van der Waals surface area contributed by atoms with E-state index in [-0.39, 0.29) is 6.61 Å². The summed E-state index contributed by atoms with van der Waals surface area (Å²) in [6.07, 6.45) is -1.10. The minimum atomic E-state index is -1.83. The summed E-state index contributed by atoms with van der Waals surface area (Å²) >= 11 is 6.40. The molecule has 8 heteroatoms. The molecule has 0 saturated carbocycles. The lowest BCUT2D eigenvalue weighted by molar-refractivity contribution is -0.232. The maximum Gasteiger partial charge on any atom is 0.259 e. The number of fused-ring (bicyclic) bond motifs is 2. The van der Waals surface area contributed by atoms with Crippen LogP contribution in [0.4, 0.5) is 0 Å². The molecule has 3 atom stereocenters. The van der Waals surface area contributed by atoms with Gasteiger partial charge in [-0.3, -0.25) is 0 Å². The summed E-state index contributed by atoms with van der Waals surface area (Å²) in [5.74, 6) is -2.38. The van der Waals surface area contributed by atoms with Gasteiger partial charge in [0.05, 0.1) is 19.8 Å². The zero-order valence-corrected chi connectivity index (χ0v) is 17.1. The second kappa shape index (κ2) is 7.76. The van der Waals surface area contributed by atoms with E-state index in [1.807, 2.05) is 31.2 Å². The Hall–Kier alpha value is -2.29. The van der Waals surface area contributed by atoms with Crippen molar-refractivity contribution in [2.75, 3.05) is 19.8 Å². The van der Waals surface area contributed by atoms with Gasteiger partial charge in [-0.05, 0) is 48.7 Å². The van der Waals surface area contributed by atoms with Crippen molar-refractivity contribution >= 4 is 11.6 Å². The fourth-order valence-corrected chi connectivity index (χ4v) is 4.00. The van der Waals surface area contributed by atoms with Crippen molar-refractivity contribution < 1.29 is 34.6 Å². The summed E-state index contributed by atoms with van der Waals surface area (Å²) in [6, 6.07) is 12.6. The molecular weight excluding hydrogens is 412 g/mol. The number of halogens is 1. The number of ether oxygens (including phenoxy) is 3. The van der Waals surface area contributed by atoms with Crippen molar-refractivity contribution in [3.63, 3.8) is 0 Å². The lowest BCUT2D eigenvalue weighted by atomic mass is 9.90. The van der Waals surface area contributed by atoms with Crippen LogP contribution in [0.5, 0.6) is 5.75 Å². The Labute approximate surface area is 178 Å². The number of benzene rings is 2. The molecule has 4 rings (SSSR count). The molecule has 0 aromatic heterocycles. The highest BCUT2D eigenvalue weighted by Gasteiger charge is 2.64. The summed E-state index contributed by atoms with van der Waals surface area (Å²) in [5, 5.41) is 41.3. The van der Waals surface area contributed by atoms with Crippen molar-refractivity contribution in [1.82, 2.24) is 0 Å². The van der Waals surface area contributed by atoms with E-state index in [2.05, 4.69) is 0 Å². The first kappa shape index (κ1) is 21.0. The Morgan fingerprint density at radius 1 is 1.17 bits per heavy atom. The lowest BCUT2D eigenvalue weighted by Crippen LogP contribution is -2.54. The third-order valence-corrected chi connectivity index (χ3v) is 5.87. The van der Waals surface area contributed by atoms with Crippen molar-refractivity contribution in [3.05, 3.63) is 75.7 Å². The van der Waals surface area contributed by atoms with E-state index in [9.17, 15) is 20.4 Å². The molecule has 0 aliphatic carbocycles. The van der Waals surface area contributed by atoms with Gasteiger partial charge in [0.25, 0.3) is 5.79 Å². The monoisotopic (exact) mass is 434 g/mol. The van der Waals surface area contributed by atoms with E-state index in [1.54, 1.807) is 18.2 Å². The summed E-state index contributed by atoms with van der Waals surface area (Å²) < 4.78 is 17.0. The predicted octanol–water partition coefficient (Wildman–Crippen LogP) is 2.96. The van der Waals surface area contributed by atoms with Crippen LogP contribution in [0, 0.1) is 0 Å². The molecule has 2 heterocycles. The lowest BCUT2D eigenvalue weighted by Gasteiger charge is -2.39. The highest BCUT2D eigenvalue weighted by Crippen LogP contribution is 2.51. The van der Waals surface area contributed by atoms with Crippen LogP contribution < -0.4 is 4.74 Å². The Morgan fingerprint density at radius 2 is 1.90 bits per heavy atom. The normalized spacial score (nSPS) is 28.1. The van der Waals surface area contributed by atoms with Crippen molar-refractivity contribution in [1.29, 1.82) is 0 Å². The van der Waals surface area contributed by atoms with Gasteiger partial charge >= 0.3 is 0 Å². The Balaban J connectivity index is 1.69. The topological polar surface area (TPSA) is 109 Å². The molecule has 2 aromatic carbocycles. The van der Waals surface area contributed by atoms with Crippen LogP contribution in [0.1, 0.15) is 23.6 Å². The van der Waals surface area contributed by atoms with Gasteiger partial charge in [-0.2, -0.15) is 0 Å². The third-order valence-electron chi connectivity index (χ3n) is 5.50. The molecule has 2 aromatic rings. The van der Waals surface area contributed by atoms with Crippen molar-refractivity contribution in [3.8, 4) is 5.75 Å². The molecule has 0 spiro atoms. The second-order valence-electron chi connectivity index (χ2n) is 7.43. The van der Waals surface area contributed by atoms with Gasteiger partial charge in [0.2, 0.25) is 0 Å². The van der Waals surface area contributed by atoms with Crippen LogP contribution in [-0.4, -0.2) is 52.0 Å². The van der Waals surface area contributed by atoms with E-state index >= 15 is 0 Å². The maximum absolute atomic E-state index is 10.6. The zero-order chi connectivity index (χ0) is 21.5. The molecule has 0 amide bonds. The van der Waals surface area contributed by atoms with Crippen LogP contribution in [0.15, 0.2) is 54.0 Å². The Kier molecular flexibility index (Phi) is 5.42. The number of hydrogen-bond acceptors (Lipinski definition) is 7. The molecular formula is C22H23ClO7. The fraction of sp³-hybridized carbons (Fsp3) is 0.364. The summed E-state index contributed by atoms with van der Waals surface area (Å²) in [4.78, 5) is 0. The maximum atomic E-state index is 10.6. The first-order valence-electron chi connectivity index (χ1n) is 9.61. The van der Waals surface area contributed by atoms with Crippen molar-refractivity contribution in [2.24, 2.45) is 0 Å². The van der Waals surface area contributed by atoms with E-state index in [0.717, 1.165) is 16.9 Å². The van der Waals surface area contributed by atoms with Gasteiger partial charge in [-0.15, -0.1) is 0 Å². The van der Waals surface area contributed by atoms with Gasteiger partial charge in [0, 0.05) is 10.6 Å². The largest absolute Gasteiger partial charge is 0.506 e. The Morgan fingerprint density at radius 3 is 2.57 bits per heavy atom. The van der Waals surface area contributed by atoms with E-state index in [0.29, 0.717) is 23.6 Å². The number of aliphatic hydroxyl groups is 4. The highest BCUT2D eigenvalue weighted by atomic mass is 35.5. The number of rotatable bonds is 6. The molecule has 1 saturated heterocycles. The highest BCUT2D eigenvalue weighted by molar-refractivity contribution is 6.31. The minimum Gasteiger partial charge on any atom is -0.506 e. The molecule has 2 aliphatic heterocycles. The summed E-state index contributed by atoms with van der Waals surface area (Å²) in [7, 11) is 0. The van der Waals surface area contributed by atoms with E-state index in [1.165, 1.54) is 0 Å². The number of hydrogen-bond donors (Lipinski definition) is 4.